The Hall–Kier alpha value is -4.09. The third-order valence-electron chi connectivity index (χ3n) is 7.33. The molecule has 2 aromatic carbocycles. The van der Waals surface area contributed by atoms with Crippen LogP contribution in [0.3, 0.4) is 0 Å². The van der Waals surface area contributed by atoms with E-state index in [9.17, 15) is 41.0 Å². The molecule has 4 rings (SSSR count). The number of hydrogen-bond donors (Lipinski definition) is 2. The van der Waals surface area contributed by atoms with Gasteiger partial charge in [-0.15, -0.1) is 0 Å². The fourth-order valence-electron chi connectivity index (χ4n) is 4.66. The second-order valence-corrected chi connectivity index (χ2v) is 10.4. The summed E-state index contributed by atoms with van der Waals surface area (Å²) in [6, 6.07) is 13.2. The van der Waals surface area contributed by atoms with Gasteiger partial charge in [-0.2, -0.15) is 31.4 Å². The van der Waals surface area contributed by atoms with Gasteiger partial charge in [0.2, 0.25) is 5.91 Å². The van der Waals surface area contributed by atoms with Crippen molar-refractivity contribution in [3.63, 3.8) is 0 Å². The average molecular weight is 580 g/mol. The van der Waals surface area contributed by atoms with Gasteiger partial charge in [-0.05, 0) is 54.2 Å². The number of hydrogen-bond acceptors (Lipinski definition) is 4. The van der Waals surface area contributed by atoms with E-state index < -0.39 is 46.8 Å². The SMILES string of the molecule is C=C(O)C1(Cc2cccc(NC(=O)C(c3ccc(Cn4nc(C(F)(F)F)ccc4=O)cc3)C(C)C(F)(F)F)c2)CC1. The highest BCUT2D eigenvalue weighted by atomic mass is 19.4. The topological polar surface area (TPSA) is 84.2 Å². The van der Waals surface area contributed by atoms with Crippen LogP contribution in [0.25, 0.3) is 0 Å². The van der Waals surface area contributed by atoms with Crippen LogP contribution < -0.4 is 10.9 Å². The van der Waals surface area contributed by atoms with Gasteiger partial charge in [-0.25, -0.2) is 4.68 Å². The van der Waals surface area contributed by atoms with E-state index in [0.29, 0.717) is 22.7 Å². The van der Waals surface area contributed by atoms with Crippen LogP contribution in [0.15, 0.2) is 77.8 Å². The van der Waals surface area contributed by atoms with Crippen molar-refractivity contribution in [1.29, 1.82) is 0 Å². The third kappa shape index (κ3) is 6.98. The Balaban J connectivity index is 1.56. The fourth-order valence-corrected chi connectivity index (χ4v) is 4.66. The number of rotatable bonds is 9. The molecular weight excluding hydrogens is 552 g/mol. The molecule has 0 aliphatic heterocycles. The number of carbonyl (C=O) groups excluding carboxylic acids is 1. The summed E-state index contributed by atoms with van der Waals surface area (Å²) in [6.07, 6.45) is -7.48. The Labute approximate surface area is 231 Å². The molecule has 1 fully saturated rings. The molecule has 218 valence electrons. The van der Waals surface area contributed by atoms with Gasteiger partial charge in [0.25, 0.3) is 5.56 Å². The van der Waals surface area contributed by atoms with Gasteiger partial charge in [-0.1, -0.05) is 49.9 Å². The monoisotopic (exact) mass is 579 g/mol. The van der Waals surface area contributed by atoms with Crippen molar-refractivity contribution in [3.05, 3.63) is 106 Å². The third-order valence-corrected chi connectivity index (χ3v) is 7.33. The molecule has 1 aliphatic carbocycles. The predicted octanol–water partition coefficient (Wildman–Crippen LogP) is 6.63. The highest BCUT2D eigenvalue weighted by Gasteiger charge is 2.46. The molecule has 2 unspecified atom stereocenters. The zero-order chi connectivity index (χ0) is 30.2. The number of benzene rings is 2. The molecular formula is C29H27F6N3O3. The van der Waals surface area contributed by atoms with E-state index >= 15 is 0 Å². The minimum absolute atomic E-state index is 0.0325. The molecule has 2 atom stereocenters. The van der Waals surface area contributed by atoms with E-state index in [2.05, 4.69) is 17.0 Å². The number of carbonyl (C=O) groups is 1. The highest BCUT2D eigenvalue weighted by Crippen LogP contribution is 2.52. The first-order chi connectivity index (χ1) is 19.1. The number of nitrogens with one attached hydrogen (secondary N) is 1. The first-order valence-corrected chi connectivity index (χ1v) is 12.7. The van der Waals surface area contributed by atoms with Crippen LogP contribution in [-0.4, -0.2) is 27.0 Å². The Kier molecular flexibility index (Phi) is 8.06. The van der Waals surface area contributed by atoms with Crippen LogP contribution >= 0.6 is 0 Å². The van der Waals surface area contributed by atoms with Crippen LogP contribution in [0.5, 0.6) is 0 Å². The summed E-state index contributed by atoms with van der Waals surface area (Å²) in [6.45, 7) is 4.15. The van der Waals surface area contributed by atoms with Crippen molar-refractivity contribution >= 4 is 11.6 Å². The Morgan fingerprint density at radius 3 is 2.27 bits per heavy atom. The number of anilines is 1. The summed E-state index contributed by atoms with van der Waals surface area (Å²) >= 11 is 0. The summed E-state index contributed by atoms with van der Waals surface area (Å²) in [5, 5.41) is 15.8. The first-order valence-electron chi connectivity index (χ1n) is 12.7. The van der Waals surface area contributed by atoms with Crippen molar-refractivity contribution in [1.82, 2.24) is 9.78 Å². The van der Waals surface area contributed by atoms with E-state index in [1.165, 1.54) is 24.3 Å². The largest absolute Gasteiger partial charge is 0.512 e. The number of alkyl halides is 6. The summed E-state index contributed by atoms with van der Waals surface area (Å²) in [5.74, 6) is -4.54. The van der Waals surface area contributed by atoms with Gasteiger partial charge in [0, 0.05) is 17.2 Å². The summed E-state index contributed by atoms with van der Waals surface area (Å²) < 4.78 is 81.0. The zero-order valence-electron chi connectivity index (χ0n) is 21.9. The van der Waals surface area contributed by atoms with Crippen molar-refractivity contribution in [2.75, 3.05) is 5.32 Å². The molecule has 0 radical (unpaired) electrons. The quantitative estimate of drug-likeness (QED) is 0.220. The number of amides is 1. The lowest BCUT2D eigenvalue weighted by Gasteiger charge is -2.26. The molecule has 12 heteroatoms. The molecule has 0 saturated heterocycles. The van der Waals surface area contributed by atoms with Crippen LogP contribution in [0.1, 0.15) is 48.1 Å². The van der Waals surface area contributed by atoms with Crippen LogP contribution in [0.4, 0.5) is 32.0 Å². The average Bonchev–Trinajstić information content (AvgIpc) is 3.66. The minimum Gasteiger partial charge on any atom is -0.512 e. The zero-order valence-corrected chi connectivity index (χ0v) is 21.9. The normalized spacial score (nSPS) is 16.1. The van der Waals surface area contributed by atoms with Gasteiger partial charge in [0.15, 0.2) is 5.69 Å². The van der Waals surface area contributed by atoms with Crippen molar-refractivity contribution in [3.8, 4) is 0 Å². The van der Waals surface area contributed by atoms with Crippen LogP contribution in [-0.2, 0) is 23.9 Å². The van der Waals surface area contributed by atoms with E-state index in [-0.39, 0.29) is 23.6 Å². The molecule has 3 aromatic rings. The fraction of sp³-hybridized carbons (Fsp3) is 0.345. The second kappa shape index (κ2) is 11.1. The Morgan fingerprint density at radius 2 is 1.71 bits per heavy atom. The maximum atomic E-state index is 13.8. The number of allylic oxidation sites excluding steroid dienone is 1. The van der Waals surface area contributed by atoms with Gasteiger partial charge in [0.1, 0.15) is 0 Å². The molecule has 0 spiro atoms. The standard InChI is InChI=1S/C29H27F6N3O3/c1-17(28(30,31)32)25(26(41)36-22-5-3-4-20(14-22)15-27(12-13-27)18(2)39)21-8-6-19(7-9-21)16-38-24(40)11-10-23(37-38)29(33,34)35/h3-11,14,17,25,39H,2,12-13,15-16H2,1H3,(H,36,41). The molecule has 1 aromatic heterocycles. The number of halogens is 6. The molecule has 1 saturated carbocycles. The van der Waals surface area contributed by atoms with E-state index in [1.807, 2.05) is 0 Å². The summed E-state index contributed by atoms with van der Waals surface area (Å²) in [7, 11) is 0. The Morgan fingerprint density at radius 1 is 1.05 bits per heavy atom. The predicted molar refractivity (Wildman–Crippen MR) is 139 cm³/mol. The van der Waals surface area contributed by atoms with Gasteiger partial charge >= 0.3 is 12.4 Å². The molecule has 1 amide bonds. The second-order valence-electron chi connectivity index (χ2n) is 10.4. The van der Waals surface area contributed by atoms with E-state index in [1.54, 1.807) is 24.3 Å². The van der Waals surface area contributed by atoms with Gasteiger partial charge in [0.05, 0.1) is 24.1 Å². The Bertz CT molecular complexity index is 1490. The molecule has 2 N–H and O–H groups in total. The van der Waals surface area contributed by atoms with Crippen molar-refractivity contribution < 1.29 is 36.2 Å². The maximum absolute atomic E-state index is 13.8. The lowest BCUT2D eigenvalue weighted by Crippen LogP contribution is -2.34. The minimum atomic E-state index is -4.76. The lowest BCUT2D eigenvalue weighted by atomic mass is 9.85. The summed E-state index contributed by atoms with van der Waals surface area (Å²) in [4.78, 5) is 25.3. The molecule has 1 aliphatic rings. The van der Waals surface area contributed by atoms with Crippen molar-refractivity contribution in [2.24, 2.45) is 11.3 Å². The van der Waals surface area contributed by atoms with Crippen molar-refractivity contribution in [2.45, 2.75) is 51.0 Å². The molecule has 41 heavy (non-hydrogen) atoms. The molecule has 1 heterocycles. The summed E-state index contributed by atoms with van der Waals surface area (Å²) in [5.41, 5.74) is -1.08. The number of aliphatic hydroxyl groups is 1. The van der Waals surface area contributed by atoms with Gasteiger partial charge < -0.3 is 10.4 Å². The van der Waals surface area contributed by atoms with E-state index in [0.717, 1.165) is 31.4 Å². The van der Waals surface area contributed by atoms with E-state index in [4.69, 9.17) is 0 Å². The first kappa shape index (κ1) is 29.9. The smallest absolute Gasteiger partial charge is 0.435 e. The molecule has 6 nitrogen and oxygen atoms in total. The number of aromatic nitrogens is 2. The molecule has 0 bridgehead atoms. The van der Waals surface area contributed by atoms with Gasteiger partial charge in [-0.3, -0.25) is 9.59 Å². The lowest BCUT2D eigenvalue weighted by molar-refractivity contribution is -0.178. The van der Waals surface area contributed by atoms with Crippen LogP contribution in [0, 0.1) is 11.3 Å². The maximum Gasteiger partial charge on any atom is 0.435 e. The van der Waals surface area contributed by atoms with Crippen LogP contribution in [0.2, 0.25) is 0 Å². The number of nitrogens with zero attached hydrogens (tertiary/aromatic N) is 2. The number of aliphatic hydroxyl groups excluding tert-OH is 1. The highest BCUT2D eigenvalue weighted by molar-refractivity contribution is 5.96.